The highest BCUT2D eigenvalue weighted by molar-refractivity contribution is 9.10. The van der Waals surface area contributed by atoms with Gasteiger partial charge in [-0.25, -0.2) is 0 Å². The third-order valence-electron chi connectivity index (χ3n) is 5.60. The van der Waals surface area contributed by atoms with Gasteiger partial charge in [0.2, 0.25) is 0 Å². The van der Waals surface area contributed by atoms with Crippen molar-refractivity contribution in [2.75, 3.05) is 16.8 Å². The summed E-state index contributed by atoms with van der Waals surface area (Å²) in [5.74, 6) is -0.227. The first kappa shape index (κ1) is 20.8. The Morgan fingerprint density at radius 2 is 1.77 bits per heavy atom. The molecule has 0 saturated carbocycles. The van der Waals surface area contributed by atoms with Crippen LogP contribution in [-0.4, -0.2) is 23.6 Å². The van der Waals surface area contributed by atoms with E-state index in [1.54, 1.807) is 6.07 Å². The number of hydrogen-bond acceptors (Lipinski definition) is 3. The highest BCUT2D eigenvalue weighted by Gasteiger charge is 2.18. The Kier molecular flexibility index (Phi) is 6.35. The first-order chi connectivity index (χ1) is 14.5. The van der Waals surface area contributed by atoms with Crippen molar-refractivity contribution in [1.82, 2.24) is 5.32 Å². The highest BCUT2D eigenvalue weighted by atomic mass is 79.9. The largest absolute Gasteiger partial charge is 0.369 e. The van der Waals surface area contributed by atoms with Crippen molar-refractivity contribution in [3.63, 3.8) is 0 Å². The zero-order valence-electron chi connectivity index (χ0n) is 16.8. The number of piperidine rings is 1. The lowest BCUT2D eigenvalue weighted by Crippen LogP contribution is -2.37. The number of rotatable bonds is 3. The number of anilines is 2. The maximum absolute atomic E-state index is 12.8. The van der Waals surface area contributed by atoms with Gasteiger partial charge in [-0.15, -0.1) is 0 Å². The molecule has 154 valence electrons. The second-order valence-corrected chi connectivity index (χ2v) is 8.90. The van der Waals surface area contributed by atoms with Crippen LogP contribution >= 0.6 is 28.1 Å². The van der Waals surface area contributed by atoms with Crippen molar-refractivity contribution in [1.29, 1.82) is 0 Å². The molecule has 1 fully saturated rings. The zero-order valence-corrected chi connectivity index (χ0v) is 19.2. The summed E-state index contributed by atoms with van der Waals surface area (Å²) in [4.78, 5) is 15.3. The van der Waals surface area contributed by atoms with Gasteiger partial charge >= 0.3 is 0 Å². The molecule has 3 aromatic carbocycles. The van der Waals surface area contributed by atoms with E-state index >= 15 is 0 Å². The van der Waals surface area contributed by atoms with Crippen LogP contribution in [0.3, 0.4) is 0 Å². The highest BCUT2D eigenvalue weighted by Crippen LogP contribution is 2.27. The first-order valence-electron chi connectivity index (χ1n) is 10.2. The average Bonchev–Trinajstić information content (AvgIpc) is 2.74. The van der Waals surface area contributed by atoms with Crippen LogP contribution in [0.15, 0.2) is 65.1 Å². The first-order valence-corrected chi connectivity index (χ1v) is 11.4. The van der Waals surface area contributed by atoms with Crippen molar-refractivity contribution in [3.8, 4) is 0 Å². The smallest absolute Gasteiger partial charge is 0.258 e. The van der Waals surface area contributed by atoms with E-state index < -0.39 is 0 Å². The third-order valence-corrected chi connectivity index (χ3v) is 6.50. The third kappa shape index (κ3) is 4.50. The summed E-state index contributed by atoms with van der Waals surface area (Å²) in [7, 11) is 0. The summed E-state index contributed by atoms with van der Waals surface area (Å²) in [6, 6.07) is 20.3. The van der Waals surface area contributed by atoms with E-state index in [9.17, 15) is 4.79 Å². The van der Waals surface area contributed by atoms with Gasteiger partial charge in [-0.05, 0) is 85.6 Å². The molecule has 1 aliphatic rings. The standard InChI is InChI=1S/C24H24BrN3OS/c1-16-6-2-3-15-28(16)18-13-11-17(12-14-18)26-24(30)27-23(29)21-9-4-8-20-19(21)7-5-10-22(20)25/h4-5,7-14,16H,2-3,6,15H2,1H3,(H2,26,27,29,30). The van der Waals surface area contributed by atoms with Crippen LogP contribution in [0.5, 0.6) is 0 Å². The van der Waals surface area contributed by atoms with Gasteiger partial charge < -0.3 is 10.2 Å². The summed E-state index contributed by atoms with van der Waals surface area (Å²) < 4.78 is 0.957. The molecule has 1 unspecified atom stereocenters. The molecule has 1 aliphatic heterocycles. The molecule has 1 atom stereocenters. The van der Waals surface area contributed by atoms with Gasteiger partial charge in [-0.1, -0.05) is 40.2 Å². The van der Waals surface area contributed by atoms with E-state index in [-0.39, 0.29) is 11.0 Å². The van der Waals surface area contributed by atoms with Gasteiger partial charge in [0.25, 0.3) is 5.91 Å². The minimum absolute atomic E-state index is 0.227. The fraction of sp³-hybridized carbons (Fsp3) is 0.250. The average molecular weight is 482 g/mol. The summed E-state index contributed by atoms with van der Waals surface area (Å²) in [5.41, 5.74) is 2.67. The van der Waals surface area contributed by atoms with Crippen LogP contribution in [0.4, 0.5) is 11.4 Å². The monoisotopic (exact) mass is 481 g/mol. The lowest BCUT2D eigenvalue weighted by molar-refractivity contribution is 0.0979. The fourth-order valence-corrected chi connectivity index (χ4v) is 4.73. The predicted octanol–water partition coefficient (Wildman–Crippen LogP) is 6.11. The summed E-state index contributed by atoms with van der Waals surface area (Å²) in [6.45, 7) is 3.38. The van der Waals surface area contributed by atoms with E-state index in [1.165, 1.54) is 24.9 Å². The maximum Gasteiger partial charge on any atom is 0.258 e. The van der Waals surface area contributed by atoms with Gasteiger partial charge in [-0.3, -0.25) is 10.1 Å². The Bertz CT molecular complexity index is 1080. The second-order valence-electron chi connectivity index (χ2n) is 7.63. The number of thiocarbonyl (C=S) groups is 1. The number of hydrogen-bond donors (Lipinski definition) is 2. The Labute approximate surface area is 190 Å². The van der Waals surface area contributed by atoms with Crippen LogP contribution in [0, 0.1) is 0 Å². The van der Waals surface area contributed by atoms with Crippen LogP contribution < -0.4 is 15.5 Å². The Hall–Kier alpha value is -2.44. The molecule has 0 radical (unpaired) electrons. The number of nitrogens with one attached hydrogen (secondary N) is 2. The minimum Gasteiger partial charge on any atom is -0.369 e. The molecule has 0 bridgehead atoms. The predicted molar refractivity (Wildman–Crippen MR) is 132 cm³/mol. The van der Waals surface area contributed by atoms with E-state index in [4.69, 9.17) is 12.2 Å². The number of halogens is 1. The van der Waals surface area contributed by atoms with E-state index in [1.807, 2.05) is 42.5 Å². The van der Waals surface area contributed by atoms with Crippen molar-refractivity contribution in [3.05, 3.63) is 70.7 Å². The molecule has 4 nitrogen and oxygen atoms in total. The van der Waals surface area contributed by atoms with Crippen molar-refractivity contribution in [2.24, 2.45) is 0 Å². The van der Waals surface area contributed by atoms with Gasteiger partial charge in [0.05, 0.1) is 0 Å². The van der Waals surface area contributed by atoms with Gasteiger partial charge in [0.1, 0.15) is 0 Å². The van der Waals surface area contributed by atoms with Crippen molar-refractivity contribution >= 4 is 61.3 Å². The number of benzene rings is 3. The summed E-state index contributed by atoms with van der Waals surface area (Å²) in [6.07, 6.45) is 3.78. The lowest BCUT2D eigenvalue weighted by Gasteiger charge is -2.35. The molecule has 0 aromatic heterocycles. The summed E-state index contributed by atoms with van der Waals surface area (Å²) in [5, 5.41) is 8.07. The number of carbonyl (C=O) groups is 1. The zero-order chi connectivity index (χ0) is 21.1. The number of nitrogens with zero attached hydrogens (tertiary/aromatic N) is 1. The van der Waals surface area contributed by atoms with Gasteiger partial charge in [0.15, 0.2) is 5.11 Å². The maximum atomic E-state index is 12.8. The Balaban J connectivity index is 1.42. The molecular formula is C24H24BrN3OS. The molecule has 30 heavy (non-hydrogen) atoms. The molecule has 1 amide bonds. The summed E-state index contributed by atoms with van der Waals surface area (Å²) >= 11 is 8.91. The van der Waals surface area contributed by atoms with Crippen LogP contribution in [0.1, 0.15) is 36.5 Å². The normalized spacial score (nSPS) is 16.3. The molecule has 2 N–H and O–H groups in total. The molecule has 1 heterocycles. The van der Waals surface area contributed by atoms with Crippen LogP contribution in [-0.2, 0) is 0 Å². The molecule has 4 rings (SSSR count). The minimum atomic E-state index is -0.227. The molecular weight excluding hydrogens is 458 g/mol. The van der Waals surface area contributed by atoms with Crippen molar-refractivity contribution < 1.29 is 4.79 Å². The van der Waals surface area contributed by atoms with Gasteiger partial charge in [-0.2, -0.15) is 0 Å². The molecule has 0 aliphatic carbocycles. The van der Waals surface area contributed by atoms with E-state index in [2.05, 4.69) is 50.5 Å². The molecule has 6 heteroatoms. The van der Waals surface area contributed by atoms with Crippen LogP contribution in [0.25, 0.3) is 10.8 Å². The van der Waals surface area contributed by atoms with Crippen molar-refractivity contribution in [2.45, 2.75) is 32.2 Å². The van der Waals surface area contributed by atoms with E-state index in [0.29, 0.717) is 11.6 Å². The molecule has 0 spiro atoms. The Morgan fingerprint density at radius 3 is 2.53 bits per heavy atom. The molecule has 1 saturated heterocycles. The van der Waals surface area contributed by atoms with Gasteiger partial charge in [0, 0.05) is 34.0 Å². The number of fused-ring (bicyclic) bond motifs is 1. The van der Waals surface area contributed by atoms with Crippen LogP contribution in [0.2, 0.25) is 0 Å². The Morgan fingerprint density at radius 1 is 1.03 bits per heavy atom. The van der Waals surface area contributed by atoms with E-state index in [0.717, 1.165) is 27.5 Å². The quantitative estimate of drug-likeness (QED) is 0.443. The fourth-order valence-electron chi connectivity index (χ4n) is 4.02. The second kappa shape index (κ2) is 9.14. The topological polar surface area (TPSA) is 44.4 Å². The lowest BCUT2D eigenvalue weighted by atomic mass is 10.0. The number of carbonyl (C=O) groups excluding carboxylic acids is 1. The molecule has 3 aromatic rings. The SMILES string of the molecule is CC1CCCCN1c1ccc(NC(=S)NC(=O)c2cccc3c(Br)cccc23)cc1. The number of amides is 1.